The van der Waals surface area contributed by atoms with E-state index < -0.39 is 27.8 Å². The van der Waals surface area contributed by atoms with Gasteiger partial charge in [0.2, 0.25) is 5.91 Å². The maximum Gasteiger partial charge on any atom is 0.326 e. The summed E-state index contributed by atoms with van der Waals surface area (Å²) in [4.78, 5) is 26.7. The van der Waals surface area contributed by atoms with Crippen molar-refractivity contribution in [2.24, 2.45) is 5.92 Å². The first-order chi connectivity index (χ1) is 11.8. The Balaban J connectivity index is 1.65. The molecule has 2 aromatic rings. The summed E-state index contributed by atoms with van der Waals surface area (Å²) < 4.78 is 22.9. The van der Waals surface area contributed by atoms with Crippen molar-refractivity contribution in [2.45, 2.75) is 25.3 Å². The molecule has 3 N–H and O–H groups in total. The van der Waals surface area contributed by atoms with Gasteiger partial charge in [0, 0.05) is 29.9 Å². The summed E-state index contributed by atoms with van der Waals surface area (Å²) in [5.74, 6) is -1.66. The number of carboxylic acids is 1. The molecule has 0 radical (unpaired) electrons. The Hall–Kier alpha value is -2.35. The van der Waals surface area contributed by atoms with Crippen LogP contribution in [0.1, 0.15) is 18.4 Å². The lowest BCUT2D eigenvalue weighted by Crippen LogP contribution is -2.42. The maximum atomic E-state index is 12.1. The number of benzene rings is 1. The average molecular weight is 364 g/mol. The highest BCUT2D eigenvalue weighted by Crippen LogP contribution is 2.22. The van der Waals surface area contributed by atoms with Crippen molar-refractivity contribution >= 4 is 32.6 Å². The molecule has 0 unspecified atom stereocenters. The first-order valence-corrected chi connectivity index (χ1v) is 9.94. The zero-order valence-corrected chi connectivity index (χ0v) is 14.4. The lowest BCUT2D eigenvalue weighted by Gasteiger charge is -2.15. The van der Waals surface area contributed by atoms with E-state index in [1.165, 1.54) is 0 Å². The van der Waals surface area contributed by atoms with Gasteiger partial charge in [0.15, 0.2) is 9.84 Å². The quantitative estimate of drug-likeness (QED) is 0.710. The normalized spacial score (nSPS) is 20.4. The SMILES string of the molecule is O=C(C[C@@H]1CCS(=O)(=O)C1)N[C@@H](Cc1c[nH]c2ccccc12)C(=O)O. The molecule has 25 heavy (non-hydrogen) atoms. The standard InChI is InChI=1S/C17H20N2O5S/c20-16(7-11-5-6-25(23,24)10-11)19-15(17(21)22)8-12-9-18-14-4-2-1-3-13(12)14/h1-4,9,11,15,18H,5-8,10H2,(H,19,20)(H,21,22)/t11-,15-/m0/s1. The van der Waals surface area contributed by atoms with Crippen LogP contribution >= 0.6 is 0 Å². The van der Waals surface area contributed by atoms with Crippen molar-refractivity contribution in [1.29, 1.82) is 0 Å². The Labute approximate surface area is 145 Å². The summed E-state index contributed by atoms with van der Waals surface area (Å²) in [7, 11) is -3.05. The molecule has 0 aliphatic carbocycles. The fraction of sp³-hybridized carbons (Fsp3) is 0.412. The fourth-order valence-corrected chi connectivity index (χ4v) is 5.13. The third-order valence-electron chi connectivity index (χ3n) is 4.53. The van der Waals surface area contributed by atoms with Crippen LogP contribution in [0.4, 0.5) is 0 Å². The Morgan fingerprint density at radius 3 is 2.76 bits per heavy atom. The van der Waals surface area contributed by atoms with E-state index in [0.717, 1.165) is 16.5 Å². The highest BCUT2D eigenvalue weighted by molar-refractivity contribution is 7.91. The molecular weight excluding hydrogens is 344 g/mol. The van der Waals surface area contributed by atoms with Gasteiger partial charge in [0.25, 0.3) is 0 Å². The predicted molar refractivity (Wildman–Crippen MR) is 92.9 cm³/mol. The second kappa shape index (κ2) is 6.87. The average Bonchev–Trinajstić information content (AvgIpc) is 3.10. The molecule has 0 bridgehead atoms. The van der Waals surface area contributed by atoms with Gasteiger partial charge in [-0.25, -0.2) is 13.2 Å². The van der Waals surface area contributed by atoms with E-state index in [2.05, 4.69) is 10.3 Å². The number of H-pyrrole nitrogens is 1. The van der Waals surface area contributed by atoms with Crippen LogP contribution in [0.25, 0.3) is 10.9 Å². The molecule has 1 aromatic heterocycles. The van der Waals surface area contributed by atoms with Crippen LogP contribution in [0, 0.1) is 5.92 Å². The van der Waals surface area contributed by atoms with Crippen LogP contribution in [-0.2, 0) is 25.8 Å². The van der Waals surface area contributed by atoms with Crippen LogP contribution in [0.15, 0.2) is 30.5 Å². The Bertz CT molecular complexity index is 903. The number of carbonyl (C=O) groups excluding carboxylic acids is 1. The van der Waals surface area contributed by atoms with Crippen LogP contribution in [0.3, 0.4) is 0 Å². The van der Waals surface area contributed by atoms with Crippen molar-refractivity contribution in [2.75, 3.05) is 11.5 Å². The summed E-state index contributed by atoms with van der Waals surface area (Å²) in [5, 5.41) is 12.9. The lowest BCUT2D eigenvalue weighted by atomic mass is 10.0. The number of fused-ring (bicyclic) bond motifs is 1. The molecule has 7 nitrogen and oxygen atoms in total. The molecule has 1 amide bonds. The van der Waals surface area contributed by atoms with E-state index in [9.17, 15) is 23.1 Å². The molecule has 134 valence electrons. The summed E-state index contributed by atoms with van der Waals surface area (Å²) in [6.45, 7) is 0. The second-order valence-electron chi connectivity index (χ2n) is 6.50. The van der Waals surface area contributed by atoms with Crippen molar-refractivity contribution < 1.29 is 23.1 Å². The van der Waals surface area contributed by atoms with Gasteiger partial charge in [0.1, 0.15) is 6.04 Å². The summed E-state index contributed by atoms with van der Waals surface area (Å²) in [6, 6.07) is 6.49. The molecule has 8 heteroatoms. The van der Waals surface area contributed by atoms with Crippen LogP contribution in [0.5, 0.6) is 0 Å². The minimum Gasteiger partial charge on any atom is -0.480 e. The van der Waals surface area contributed by atoms with E-state index in [4.69, 9.17) is 0 Å². The lowest BCUT2D eigenvalue weighted by molar-refractivity contribution is -0.141. The van der Waals surface area contributed by atoms with Crippen LogP contribution in [-0.4, -0.2) is 47.9 Å². The predicted octanol–water partition coefficient (Wildman–Crippen LogP) is 1.10. The third-order valence-corrected chi connectivity index (χ3v) is 6.37. The number of amides is 1. The number of para-hydroxylation sites is 1. The first-order valence-electron chi connectivity index (χ1n) is 8.11. The molecule has 0 saturated carbocycles. The fourth-order valence-electron chi connectivity index (χ4n) is 3.27. The summed E-state index contributed by atoms with van der Waals surface area (Å²) >= 11 is 0. The van der Waals surface area contributed by atoms with Gasteiger partial charge >= 0.3 is 5.97 Å². The minimum absolute atomic E-state index is 0.000601. The Morgan fingerprint density at radius 2 is 2.08 bits per heavy atom. The number of aliphatic carboxylic acids is 1. The molecule has 1 fully saturated rings. The Kier molecular flexibility index (Phi) is 4.80. The number of hydrogen-bond donors (Lipinski definition) is 3. The molecule has 1 saturated heterocycles. The molecular formula is C17H20N2O5S. The van der Waals surface area contributed by atoms with Gasteiger partial charge in [-0.3, -0.25) is 4.79 Å². The number of sulfone groups is 1. The summed E-state index contributed by atoms with van der Waals surface area (Å²) in [5.41, 5.74) is 1.72. The monoisotopic (exact) mass is 364 g/mol. The zero-order valence-electron chi connectivity index (χ0n) is 13.6. The largest absolute Gasteiger partial charge is 0.480 e. The smallest absolute Gasteiger partial charge is 0.326 e. The van der Waals surface area contributed by atoms with E-state index >= 15 is 0 Å². The third kappa shape index (κ3) is 4.19. The first kappa shape index (κ1) is 17.5. The maximum absolute atomic E-state index is 12.1. The summed E-state index contributed by atoms with van der Waals surface area (Å²) in [6.07, 6.45) is 2.40. The highest BCUT2D eigenvalue weighted by atomic mass is 32.2. The van der Waals surface area contributed by atoms with Gasteiger partial charge in [-0.05, 0) is 24.0 Å². The molecule has 1 aliphatic heterocycles. The number of aromatic nitrogens is 1. The van der Waals surface area contributed by atoms with E-state index in [0.29, 0.717) is 6.42 Å². The van der Waals surface area contributed by atoms with Crippen molar-refractivity contribution in [1.82, 2.24) is 10.3 Å². The molecule has 2 heterocycles. The van der Waals surface area contributed by atoms with Gasteiger partial charge in [-0.2, -0.15) is 0 Å². The number of carbonyl (C=O) groups is 2. The minimum atomic E-state index is -3.05. The van der Waals surface area contributed by atoms with E-state index in [1.807, 2.05) is 24.3 Å². The molecule has 0 spiro atoms. The van der Waals surface area contributed by atoms with Gasteiger partial charge in [0.05, 0.1) is 11.5 Å². The van der Waals surface area contributed by atoms with Gasteiger partial charge in [-0.1, -0.05) is 18.2 Å². The van der Waals surface area contributed by atoms with Gasteiger partial charge in [-0.15, -0.1) is 0 Å². The van der Waals surface area contributed by atoms with E-state index in [1.54, 1.807) is 6.20 Å². The van der Waals surface area contributed by atoms with Crippen molar-refractivity contribution in [3.05, 3.63) is 36.0 Å². The van der Waals surface area contributed by atoms with Crippen LogP contribution in [0.2, 0.25) is 0 Å². The zero-order chi connectivity index (χ0) is 18.0. The second-order valence-corrected chi connectivity index (χ2v) is 8.72. The van der Waals surface area contributed by atoms with Crippen molar-refractivity contribution in [3.63, 3.8) is 0 Å². The molecule has 1 aliphatic rings. The van der Waals surface area contributed by atoms with Crippen molar-refractivity contribution in [3.8, 4) is 0 Å². The molecule has 2 atom stereocenters. The topological polar surface area (TPSA) is 116 Å². The number of carboxylic acid groups (broad SMARTS) is 1. The van der Waals surface area contributed by atoms with Crippen LogP contribution < -0.4 is 5.32 Å². The Morgan fingerprint density at radius 1 is 1.32 bits per heavy atom. The number of rotatable bonds is 6. The highest BCUT2D eigenvalue weighted by Gasteiger charge is 2.30. The molecule has 3 rings (SSSR count). The van der Waals surface area contributed by atoms with Gasteiger partial charge < -0.3 is 15.4 Å². The molecule has 1 aromatic carbocycles. The number of hydrogen-bond acceptors (Lipinski definition) is 4. The number of nitrogens with one attached hydrogen (secondary N) is 2. The number of aromatic amines is 1. The van der Waals surface area contributed by atoms with E-state index in [-0.39, 0.29) is 30.3 Å².